The molecule has 1 aromatic rings. The van der Waals surface area contributed by atoms with Gasteiger partial charge < -0.3 is 10.5 Å². The van der Waals surface area contributed by atoms with Crippen LogP contribution in [0.15, 0.2) is 18.2 Å². The molecule has 96 valence electrons. The molecule has 1 rings (SSSR count). The fourth-order valence-corrected chi connectivity index (χ4v) is 1.46. The smallest absolute Gasteiger partial charge is 0.372 e. The summed E-state index contributed by atoms with van der Waals surface area (Å²) < 4.78 is 55.6. The lowest BCUT2D eigenvalue weighted by molar-refractivity contribution is -0.140. The number of alkyl halides is 3. The molecule has 1 unspecified atom stereocenters. The second kappa shape index (κ2) is 5.46. The molecule has 0 aliphatic rings. The largest absolute Gasteiger partial charge is 0.419 e. The molecule has 0 radical (unpaired) electrons. The number of rotatable bonds is 4. The van der Waals surface area contributed by atoms with Crippen LogP contribution in [-0.2, 0) is 10.9 Å². The topological polar surface area (TPSA) is 35.2 Å². The predicted octanol–water partition coefficient (Wildman–Crippen LogP) is 2.88. The van der Waals surface area contributed by atoms with E-state index in [9.17, 15) is 17.6 Å². The van der Waals surface area contributed by atoms with Crippen molar-refractivity contribution in [3.8, 4) is 0 Å². The van der Waals surface area contributed by atoms with Gasteiger partial charge in [-0.1, -0.05) is 6.07 Å². The summed E-state index contributed by atoms with van der Waals surface area (Å²) in [6.07, 6.45) is -5.37. The average molecular weight is 251 g/mol. The van der Waals surface area contributed by atoms with E-state index in [1.165, 1.54) is 6.07 Å². The Hall–Kier alpha value is -1.14. The fourth-order valence-electron chi connectivity index (χ4n) is 1.46. The van der Waals surface area contributed by atoms with E-state index in [0.717, 1.165) is 12.1 Å². The molecule has 0 bridgehead atoms. The molecule has 0 aliphatic carbocycles. The van der Waals surface area contributed by atoms with Gasteiger partial charge in [0.1, 0.15) is 5.82 Å². The second-order valence-electron chi connectivity index (χ2n) is 3.42. The molecule has 1 atom stereocenters. The Labute approximate surface area is 96.4 Å². The van der Waals surface area contributed by atoms with Crippen molar-refractivity contribution in [2.45, 2.75) is 19.2 Å². The summed E-state index contributed by atoms with van der Waals surface area (Å²) in [5, 5.41) is 0. The van der Waals surface area contributed by atoms with E-state index in [-0.39, 0.29) is 12.1 Å². The fraction of sp³-hybridized carbons (Fsp3) is 0.455. The van der Waals surface area contributed by atoms with Gasteiger partial charge in [0, 0.05) is 13.2 Å². The molecule has 6 heteroatoms. The number of halogens is 4. The quantitative estimate of drug-likeness (QED) is 0.835. The lowest BCUT2D eigenvalue weighted by Crippen LogP contribution is -2.17. The maximum atomic E-state index is 13.0. The van der Waals surface area contributed by atoms with Gasteiger partial charge in [-0.3, -0.25) is 0 Å². The Bertz CT molecular complexity index is 378. The van der Waals surface area contributed by atoms with Gasteiger partial charge >= 0.3 is 6.18 Å². The van der Waals surface area contributed by atoms with Crippen LogP contribution in [0.25, 0.3) is 0 Å². The summed E-state index contributed by atoms with van der Waals surface area (Å²) in [7, 11) is 0. The zero-order valence-corrected chi connectivity index (χ0v) is 9.22. The maximum absolute atomic E-state index is 13.0. The predicted molar refractivity (Wildman–Crippen MR) is 54.8 cm³/mol. The Morgan fingerprint density at radius 2 is 2.00 bits per heavy atom. The van der Waals surface area contributed by atoms with Crippen LogP contribution in [0.1, 0.15) is 24.2 Å². The molecule has 0 amide bonds. The van der Waals surface area contributed by atoms with Gasteiger partial charge in [0.15, 0.2) is 0 Å². The van der Waals surface area contributed by atoms with Crippen LogP contribution < -0.4 is 5.73 Å². The summed E-state index contributed by atoms with van der Waals surface area (Å²) in [6, 6.07) is 2.76. The highest BCUT2D eigenvalue weighted by Crippen LogP contribution is 2.33. The van der Waals surface area contributed by atoms with E-state index in [2.05, 4.69) is 0 Å². The van der Waals surface area contributed by atoms with E-state index in [1.54, 1.807) is 6.92 Å². The van der Waals surface area contributed by atoms with E-state index >= 15 is 0 Å². The monoisotopic (exact) mass is 251 g/mol. The van der Waals surface area contributed by atoms with Crippen molar-refractivity contribution >= 4 is 0 Å². The summed E-state index contributed by atoms with van der Waals surface area (Å²) >= 11 is 0. The highest BCUT2D eigenvalue weighted by Gasteiger charge is 2.34. The molecular weight excluding hydrogens is 238 g/mol. The Kier molecular flexibility index (Phi) is 4.47. The summed E-state index contributed by atoms with van der Waals surface area (Å²) in [4.78, 5) is 0. The van der Waals surface area contributed by atoms with Crippen molar-refractivity contribution in [2.75, 3.05) is 13.2 Å². The van der Waals surface area contributed by atoms with Gasteiger partial charge in [-0.25, -0.2) is 4.39 Å². The first kappa shape index (κ1) is 13.9. The summed E-state index contributed by atoms with van der Waals surface area (Å²) in [5.74, 6) is -1.30. The standard InChI is InChI=1S/C11H13F4NO/c1-2-17-10(6-16)7-3-4-9(12)8(5-7)11(13,14)15/h3-5,10H,2,6,16H2,1H3. The molecule has 0 saturated carbocycles. The number of nitrogens with two attached hydrogens (primary N) is 1. The van der Waals surface area contributed by atoms with Gasteiger partial charge in [0.2, 0.25) is 0 Å². The van der Waals surface area contributed by atoms with Crippen molar-refractivity contribution in [2.24, 2.45) is 5.73 Å². The molecule has 2 N–H and O–H groups in total. The zero-order valence-electron chi connectivity index (χ0n) is 9.22. The van der Waals surface area contributed by atoms with Gasteiger partial charge in [-0.05, 0) is 24.6 Å². The number of benzene rings is 1. The normalized spacial score (nSPS) is 13.8. The third-order valence-electron chi connectivity index (χ3n) is 2.25. The molecule has 0 aliphatic heterocycles. The van der Waals surface area contributed by atoms with Gasteiger partial charge in [-0.15, -0.1) is 0 Å². The third kappa shape index (κ3) is 3.41. The second-order valence-corrected chi connectivity index (χ2v) is 3.42. The average Bonchev–Trinajstić information content (AvgIpc) is 2.25. The SMILES string of the molecule is CCOC(CN)c1ccc(F)c(C(F)(F)F)c1. The van der Waals surface area contributed by atoms with Gasteiger partial charge in [0.05, 0.1) is 11.7 Å². The van der Waals surface area contributed by atoms with Gasteiger partial charge in [0.25, 0.3) is 0 Å². The lowest BCUT2D eigenvalue weighted by Gasteiger charge is -2.17. The summed E-state index contributed by atoms with van der Waals surface area (Å²) in [5.41, 5.74) is 4.32. The van der Waals surface area contributed by atoms with Crippen molar-refractivity contribution in [1.29, 1.82) is 0 Å². The van der Waals surface area contributed by atoms with Crippen LogP contribution in [0.4, 0.5) is 17.6 Å². The lowest BCUT2D eigenvalue weighted by atomic mass is 10.0. The Morgan fingerprint density at radius 1 is 1.35 bits per heavy atom. The maximum Gasteiger partial charge on any atom is 0.419 e. The molecule has 2 nitrogen and oxygen atoms in total. The highest BCUT2D eigenvalue weighted by atomic mass is 19.4. The molecule has 0 heterocycles. The molecule has 0 fully saturated rings. The Morgan fingerprint density at radius 3 is 2.47 bits per heavy atom. The molecule has 0 spiro atoms. The minimum absolute atomic E-state index is 0.0385. The van der Waals surface area contributed by atoms with Crippen LogP contribution in [0.5, 0.6) is 0 Å². The van der Waals surface area contributed by atoms with Gasteiger partial charge in [-0.2, -0.15) is 13.2 Å². The molecule has 0 aromatic heterocycles. The first-order valence-corrected chi connectivity index (χ1v) is 5.08. The Balaban J connectivity index is 3.11. The van der Waals surface area contributed by atoms with Crippen molar-refractivity contribution in [1.82, 2.24) is 0 Å². The highest BCUT2D eigenvalue weighted by molar-refractivity contribution is 5.29. The van der Waals surface area contributed by atoms with E-state index in [4.69, 9.17) is 10.5 Å². The van der Waals surface area contributed by atoms with Crippen molar-refractivity contribution in [3.05, 3.63) is 35.1 Å². The van der Waals surface area contributed by atoms with Crippen molar-refractivity contribution < 1.29 is 22.3 Å². The van der Waals surface area contributed by atoms with Crippen molar-refractivity contribution in [3.63, 3.8) is 0 Å². The number of ether oxygens (including phenoxy) is 1. The van der Waals surface area contributed by atoms with Crippen LogP contribution in [-0.4, -0.2) is 13.2 Å². The molecule has 17 heavy (non-hydrogen) atoms. The first-order valence-electron chi connectivity index (χ1n) is 5.08. The van der Waals surface area contributed by atoms with Crippen LogP contribution >= 0.6 is 0 Å². The molecular formula is C11H13F4NO. The minimum atomic E-state index is -4.72. The molecule has 0 saturated heterocycles. The molecule has 1 aromatic carbocycles. The minimum Gasteiger partial charge on any atom is -0.372 e. The van der Waals surface area contributed by atoms with E-state index in [0.29, 0.717) is 6.61 Å². The van der Waals surface area contributed by atoms with Crippen LogP contribution in [0, 0.1) is 5.82 Å². The van der Waals surface area contributed by atoms with Crippen LogP contribution in [0.3, 0.4) is 0 Å². The zero-order chi connectivity index (χ0) is 13.1. The third-order valence-corrected chi connectivity index (χ3v) is 2.25. The summed E-state index contributed by atoms with van der Waals surface area (Å²) in [6.45, 7) is 2.06. The number of hydrogen-bond donors (Lipinski definition) is 1. The first-order chi connectivity index (χ1) is 7.90. The van der Waals surface area contributed by atoms with Crippen LogP contribution in [0.2, 0.25) is 0 Å². The van der Waals surface area contributed by atoms with E-state index in [1.807, 2.05) is 0 Å². The number of hydrogen-bond acceptors (Lipinski definition) is 2. The van der Waals surface area contributed by atoms with E-state index < -0.39 is 23.7 Å².